The van der Waals surface area contributed by atoms with Crippen LogP contribution in [0.1, 0.15) is 6.92 Å². The zero-order valence-electron chi connectivity index (χ0n) is 10.3. The number of sulfonamides is 1. The summed E-state index contributed by atoms with van der Waals surface area (Å²) in [5, 5.41) is 8.78. The fourth-order valence-corrected chi connectivity index (χ4v) is 2.42. The van der Waals surface area contributed by atoms with E-state index < -0.39 is 40.1 Å². The van der Waals surface area contributed by atoms with Crippen molar-refractivity contribution in [2.24, 2.45) is 5.92 Å². The summed E-state index contributed by atoms with van der Waals surface area (Å²) in [6, 6.07) is 2.40. The molecule has 0 spiro atoms. The summed E-state index contributed by atoms with van der Waals surface area (Å²) in [6.45, 7) is 0.860. The Morgan fingerprint density at radius 3 is 2.42 bits per heavy atom. The number of halogens is 2. The molecule has 106 valence electrons. The fraction of sp³-hybridized carbons (Fsp3) is 0.364. The van der Waals surface area contributed by atoms with Crippen molar-refractivity contribution in [2.45, 2.75) is 6.92 Å². The zero-order chi connectivity index (χ0) is 14.8. The van der Waals surface area contributed by atoms with Crippen molar-refractivity contribution < 1.29 is 27.1 Å². The average Bonchev–Trinajstić information content (AvgIpc) is 2.24. The summed E-state index contributed by atoms with van der Waals surface area (Å²) in [4.78, 5) is 10.8. The van der Waals surface area contributed by atoms with E-state index in [0.717, 1.165) is 18.4 Å². The molecule has 1 N–H and O–H groups in total. The number of anilines is 1. The van der Waals surface area contributed by atoms with E-state index in [1.807, 2.05) is 0 Å². The summed E-state index contributed by atoms with van der Waals surface area (Å²) in [7, 11) is -3.87. The van der Waals surface area contributed by atoms with Gasteiger partial charge in [-0.05, 0) is 12.1 Å². The van der Waals surface area contributed by atoms with E-state index in [4.69, 9.17) is 5.11 Å². The molecule has 0 aromatic heterocycles. The van der Waals surface area contributed by atoms with Crippen LogP contribution in [0.4, 0.5) is 14.5 Å². The highest BCUT2D eigenvalue weighted by molar-refractivity contribution is 7.92. The van der Waals surface area contributed by atoms with Crippen LogP contribution in [0.3, 0.4) is 0 Å². The molecule has 0 aliphatic carbocycles. The van der Waals surface area contributed by atoms with Gasteiger partial charge >= 0.3 is 5.97 Å². The number of carboxylic acid groups (broad SMARTS) is 1. The lowest BCUT2D eigenvalue weighted by Crippen LogP contribution is -2.36. The highest BCUT2D eigenvalue weighted by Gasteiger charge is 2.25. The molecule has 0 saturated carbocycles. The van der Waals surface area contributed by atoms with Crippen molar-refractivity contribution in [3.05, 3.63) is 29.8 Å². The third kappa shape index (κ3) is 3.88. The second-order valence-corrected chi connectivity index (χ2v) is 6.04. The number of aliphatic carboxylic acids is 1. The second kappa shape index (κ2) is 5.52. The van der Waals surface area contributed by atoms with Crippen LogP contribution in [0.15, 0.2) is 18.2 Å². The summed E-state index contributed by atoms with van der Waals surface area (Å²) in [5.74, 6) is -4.15. The molecule has 0 saturated heterocycles. The van der Waals surface area contributed by atoms with Crippen molar-refractivity contribution in [1.82, 2.24) is 0 Å². The summed E-state index contributed by atoms with van der Waals surface area (Å²) >= 11 is 0. The molecule has 0 amide bonds. The molecule has 1 aromatic carbocycles. The molecule has 0 heterocycles. The van der Waals surface area contributed by atoms with Crippen molar-refractivity contribution in [2.75, 3.05) is 17.1 Å². The third-order valence-corrected chi connectivity index (χ3v) is 3.59. The van der Waals surface area contributed by atoms with Gasteiger partial charge in [0.05, 0.1) is 17.9 Å². The first kappa shape index (κ1) is 15.4. The third-order valence-electron chi connectivity index (χ3n) is 2.44. The van der Waals surface area contributed by atoms with E-state index in [1.54, 1.807) is 0 Å². The van der Waals surface area contributed by atoms with E-state index in [2.05, 4.69) is 0 Å². The monoisotopic (exact) mass is 293 g/mol. The minimum atomic E-state index is -3.87. The van der Waals surface area contributed by atoms with Crippen LogP contribution >= 0.6 is 0 Å². The van der Waals surface area contributed by atoms with Crippen LogP contribution in [0.25, 0.3) is 0 Å². The van der Waals surface area contributed by atoms with Crippen LogP contribution in [0, 0.1) is 17.6 Å². The Labute approximate surface area is 109 Å². The van der Waals surface area contributed by atoms with Crippen LogP contribution in [-0.2, 0) is 14.8 Å². The number of carboxylic acids is 1. The van der Waals surface area contributed by atoms with E-state index in [0.29, 0.717) is 10.4 Å². The molecule has 8 heteroatoms. The van der Waals surface area contributed by atoms with Crippen molar-refractivity contribution in [3.8, 4) is 0 Å². The van der Waals surface area contributed by atoms with E-state index >= 15 is 0 Å². The molecule has 1 atom stereocenters. The predicted octanol–water partition coefficient (Wildman–Crippen LogP) is 1.45. The molecule has 1 aromatic rings. The average molecular weight is 293 g/mol. The molecule has 1 unspecified atom stereocenters. The molecule has 0 fully saturated rings. The van der Waals surface area contributed by atoms with E-state index in [1.165, 1.54) is 6.92 Å². The number of benzene rings is 1. The molecule has 19 heavy (non-hydrogen) atoms. The maximum Gasteiger partial charge on any atom is 0.308 e. The van der Waals surface area contributed by atoms with Gasteiger partial charge in [-0.25, -0.2) is 17.2 Å². The molecule has 0 aliphatic rings. The SMILES string of the molecule is CC(CN(c1ccc(F)cc1F)S(C)(=O)=O)C(=O)O. The van der Waals surface area contributed by atoms with Gasteiger partial charge in [0.25, 0.3) is 0 Å². The quantitative estimate of drug-likeness (QED) is 0.891. The molecule has 0 radical (unpaired) electrons. The Morgan fingerprint density at radius 2 is 2.00 bits per heavy atom. The van der Waals surface area contributed by atoms with Gasteiger partial charge in [0, 0.05) is 12.6 Å². The number of hydrogen-bond acceptors (Lipinski definition) is 3. The maximum absolute atomic E-state index is 13.6. The Morgan fingerprint density at radius 1 is 1.42 bits per heavy atom. The maximum atomic E-state index is 13.6. The van der Waals surface area contributed by atoms with Crippen LogP contribution in [0.2, 0.25) is 0 Å². The topological polar surface area (TPSA) is 74.7 Å². The first-order valence-electron chi connectivity index (χ1n) is 5.28. The Kier molecular flexibility index (Phi) is 4.46. The Bertz CT molecular complexity index is 588. The normalized spacial score (nSPS) is 13.1. The van der Waals surface area contributed by atoms with Crippen LogP contribution in [0.5, 0.6) is 0 Å². The highest BCUT2D eigenvalue weighted by atomic mass is 32.2. The highest BCUT2D eigenvalue weighted by Crippen LogP contribution is 2.23. The number of nitrogens with zero attached hydrogens (tertiary/aromatic N) is 1. The van der Waals surface area contributed by atoms with Gasteiger partial charge in [-0.3, -0.25) is 9.10 Å². The molecule has 0 aliphatic heterocycles. The van der Waals surface area contributed by atoms with Gasteiger partial charge in [-0.2, -0.15) is 0 Å². The van der Waals surface area contributed by atoms with Crippen LogP contribution < -0.4 is 4.31 Å². The van der Waals surface area contributed by atoms with E-state index in [9.17, 15) is 22.0 Å². The summed E-state index contributed by atoms with van der Waals surface area (Å²) in [6.07, 6.45) is 0.824. The van der Waals surface area contributed by atoms with Gasteiger partial charge in [-0.1, -0.05) is 6.92 Å². The molecule has 0 bridgehead atoms. The lowest BCUT2D eigenvalue weighted by Gasteiger charge is -2.24. The summed E-state index contributed by atoms with van der Waals surface area (Å²) < 4.78 is 50.2. The molecule has 1 rings (SSSR count). The van der Waals surface area contributed by atoms with Crippen LogP contribution in [-0.4, -0.2) is 32.3 Å². The molecular weight excluding hydrogens is 280 g/mol. The smallest absolute Gasteiger partial charge is 0.308 e. The van der Waals surface area contributed by atoms with Crippen molar-refractivity contribution in [1.29, 1.82) is 0 Å². The van der Waals surface area contributed by atoms with Gasteiger partial charge in [0.1, 0.15) is 11.6 Å². The number of rotatable bonds is 5. The van der Waals surface area contributed by atoms with Gasteiger partial charge in [0.15, 0.2) is 0 Å². The zero-order valence-corrected chi connectivity index (χ0v) is 11.1. The number of hydrogen-bond donors (Lipinski definition) is 1. The second-order valence-electron chi connectivity index (χ2n) is 4.13. The van der Waals surface area contributed by atoms with E-state index in [-0.39, 0.29) is 5.69 Å². The fourth-order valence-electron chi connectivity index (χ4n) is 1.42. The van der Waals surface area contributed by atoms with Crippen molar-refractivity contribution in [3.63, 3.8) is 0 Å². The molecule has 5 nitrogen and oxygen atoms in total. The van der Waals surface area contributed by atoms with Crippen molar-refractivity contribution >= 4 is 21.7 Å². The Balaban J connectivity index is 3.22. The lowest BCUT2D eigenvalue weighted by atomic mass is 10.2. The number of carbonyl (C=O) groups is 1. The standard InChI is InChI=1S/C11H13F2NO4S/c1-7(11(15)16)6-14(19(2,17)18)10-4-3-8(12)5-9(10)13/h3-5,7H,6H2,1-2H3,(H,15,16). The van der Waals surface area contributed by atoms with Gasteiger partial charge < -0.3 is 5.11 Å². The largest absolute Gasteiger partial charge is 0.481 e. The predicted molar refractivity (Wildman–Crippen MR) is 65.3 cm³/mol. The summed E-state index contributed by atoms with van der Waals surface area (Å²) in [5.41, 5.74) is -0.378. The van der Waals surface area contributed by atoms with Gasteiger partial charge in [-0.15, -0.1) is 0 Å². The van der Waals surface area contributed by atoms with Gasteiger partial charge in [0.2, 0.25) is 10.0 Å². The minimum Gasteiger partial charge on any atom is -0.481 e. The Hall–Kier alpha value is -1.70. The first-order chi connectivity index (χ1) is 8.62. The minimum absolute atomic E-state index is 0.378. The lowest BCUT2D eigenvalue weighted by molar-refractivity contribution is -0.140. The molecular formula is C11H13F2NO4S. The first-order valence-corrected chi connectivity index (χ1v) is 7.13.